The number of hydrogen-bond acceptors (Lipinski definition) is 2. The molecule has 84 valence electrons. The van der Waals surface area contributed by atoms with E-state index in [0.29, 0.717) is 5.92 Å². The quantitative estimate of drug-likeness (QED) is 0.802. The zero-order chi connectivity index (χ0) is 10.7. The highest BCUT2D eigenvalue weighted by Gasteiger charge is 2.28. The molecule has 0 bridgehead atoms. The van der Waals surface area contributed by atoms with Crippen molar-refractivity contribution in [3.63, 3.8) is 0 Å². The molecule has 1 aliphatic rings. The van der Waals surface area contributed by atoms with Gasteiger partial charge in [-0.3, -0.25) is 0 Å². The minimum absolute atomic E-state index is 0.394. The first-order valence-corrected chi connectivity index (χ1v) is 5.98. The number of hydrogen-bond donors (Lipinski definition) is 2. The molecule has 15 heavy (non-hydrogen) atoms. The van der Waals surface area contributed by atoms with E-state index in [4.69, 9.17) is 0 Å². The van der Waals surface area contributed by atoms with Gasteiger partial charge in [-0.05, 0) is 24.7 Å². The summed E-state index contributed by atoms with van der Waals surface area (Å²) in [7, 11) is 0. The minimum Gasteiger partial charge on any atom is -0.385 e. The molecule has 1 fully saturated rings. The minimum atomic E-state index is -0.394. The van der Waals surface area contributed by atoms with Crippen LogP contribution in [0, 0.1) is 11.8 Å². The summed E-state index contributed by atoms with van der Waals surface area (Å²) in [6, 6.07) is 0. The standard InChI is InChI=1S/C12H20N2O/c1-2-9-4-3-5-10(8-9)11(15)12-13-6-7-14-12/h6-7,9-11,15H,2-5,8H2,1H3,(H,13,14). The third-order valence-electron chi connectivity index (χ3n) is 3.65. The van der Waals surface area contributed by atoms with Gasteiger partial charge >= 0.3 is 0 Å². The average molecular weight is 208 g/mol. The number of H-pyrrole nitrogens is 1. The molecule has 0 saturated heterocycles. The molecule has 3 unspecified atom stereocenters. The number of aromatic nitrogens is 2. The van der Waals surface area contributed by atoms with E-state index in [2.05, 4.69) is 16.9 Å². The molecule has 0 spiro atoms. The molecule has 1 aliphatic carbocycles. The predicted octanol–water partition coefficient (Wildman–Crippen LogP) is 2.66. The second-order valence-corrected chi connectivity index (χ2v) is 4.62. The Hall–Kier alpha value is -0.830. The molecule has 1 aromatic heterocycles. The molecule has 0 aromatic carbocycles. The summed E-state index contributed by atoms with van der Waals surface area (Å²) >= 11 is 0. The SMILES string of the molecule is CCC1CCCC(C(O)c2ncc[nH]2)C1. The van der Waals surface area contributed by atoms with Crippen molar-refractivity contribution in [2.24, 2.45) is 11.8 Å². The van der Waals surface area contributed by atoms with Crippen LogP contribution in [0.2, 0.25) is 0 Å². The Labute approximate surface area is 90.9 Å². The smallest absolute Gasteiger partial charge is 0.135 e. The Balaban J connectivity index is 1.98. The van der Waals surface area contributed by atoms with Gasteiger partial charge in [0.25, 0.3) is 0 Å². The third kappa shape index (κ3) is 2.40. The van der Waals surface area contributed by atoms with E-state index in [1.54, 1.807) is 12.4 Å². The van der Waals surface area contributed by atoms with E-state index in [1.807, 2.05) is 0 Å². The number of aliphatic hydroxyl groups is 1. The van der Waals surface area contributed by atoms with Gasteiger partial charge in [0.05, 0.1) is 0 Å². The van der Waals surface area contributed by atoms with Crippen molar-refractivity contribution < 1.29 is 5.11 Å². The number of nitrogens with one attached hydrogen (secondary N) is 1. The highest BCUT2D eigenvalue weighted by atomic mass is 16.3. The second kappa shape index (κ2) is 4.79. The van der Waals surface area contributed by atoms with Crippen molar-refractivity contribution in [1.29, 1.82) is 0 Å². The number of rotatable bonds is 3. The van der Waals surface area contributed by atoms with Crippen molar-refractivity contribution in [3.05, 3.63) is 18.2 Å². The number of imidazole rings is 1. The van der Waals surface area contributed by atoms with Crippen LogP contribution in [0.5, 0.6) is 0 Å². The molecule has 0 aliphatic heterocycles. The monoisotopic (exact) mass is 208 g/mol. The number of nitrogens with zero attached hydrogens (tertiary/aromatic N) is 1. The van der Waals surface area contributed by atoms with Gasteiger partial charge in [0, 0.05) is 12.4 Å². The number of aromatic amines is 1. The maximum absolute atomic E-state index is 10.2. The first-order valence-electron chi connectivity index (χ1n) is 5.98. The van der Waals surface area contributed by atoms with E-state index < -0.39 is 6.10 Å². The third-order valence-corrected chi connectivity index (χ3v) is 3.65. The van der Waals surface area contributed by atoms with E-state index in [-0.39, 0.29) is 0 Å². The van der Waals surface area contributed by atoms with Crippen molar-refractivity contribution in [2.45, 2.75) is 45.1 Å². The summed E-state index contributed by atoms with van der Waals surface area (Å²) in [4.78, 5) is 7.14. The fourth-order valence-electron chi connectivity index (χ4n) is 2.65. The van der Waals surface area contributed by atoms with Gasteiger partial charge in [-0.2, -0.15) is 0 Å². The van der Waals surface area contributed by atoms with Gasteiger partial charge in [-0.15, -0.1) is 0 Å². The highest BCUT2D eigenvalue weighted by Crippen LogP contribution is 2.37. The molecule has 3 nitrogen and oxygen atoms in total. The summed E-state index contributed by atoms with van der Waals surface area (Å²) in [5.74, 6) is 1.93. The van der Waals surface area contributed by atoms with Crippen LogP contribution < -0.4 is 0 Å². The van der Waals surface area contributed by atoms with Crippen molar-refractivity contribution in [2.75, 3.05) is 0 Å². The lowest BCUT2D eigenvalue weighted by Crippen LogP contribution is -2.22. The van der Waals surface area contributed by atoms with Crippen LogP contribution in [0.3, 0.4) is 0 Å². The zero-order valence-corrected chi connectivity index (χ0v) is 9.32. The lowest BCUT2D eigenvalue weighted by Gasteiger charge is -2.30. The lowest BCUT2D eigenvalue weighted by molar-refractivity contribution is 0.0616. The van der Waals surface area contributed by atoms with Crippen LogP contribution in [0.4, 0.5) is 0 Å². The molecule has 0 amide bonds. The molecule has 0 radical (unpaired) electrons. The molecular weight excluding hydrogens is 188 g/mol. The van der Waals surface area contributed by atoms with E-state index >= 15 is 0 Å². The number of aliphatic hydroxyl groups excluding tert-OH is 1. The summed E-state index contributed by atoms with van der Waals surface area (Å²) in [6.07, 6.45) is 9.20. The molecule has 2 rings (SSSR count). The zero-order valence-electron chi connectivity index (χ0n) is 9.32. The Morgan fingerprint density at radius 1 is 1.60 bits per heavy atom. The Morgan fingerprint density at radius 2 is 2.47 bits per heavy atom. The second-order valence-electron chi connectivity index (χ2n) is 4.62. The molecule has 1 aromatic rings. The molecule has 2 N–H and O–H groups in total. The van der Waals surface area contributed by atoms with Crippen LogP contribution in [-0.4, -0.2) is 15.1 Å². The van der Waals surface area contributed by atoms with Crippen LogP contribution in [0.15, 0.2) is 12.4 Å². The summed E-state index contributed by atoms with van der Waals surface area (Å²) < 4.78 is 0. The van der Waals surface area contributed by atoms with Crippen LogP contribution >= 0.6 is 0 Å². The topological polar surface area (TPSA) is 48.9 Å². The summed E-state index contributed by atoms with van der Waals surface area (Å²) in [6.45, 7) is 2.24. The van der Waals surface area contributed by atoms with E-state index in [9.17, 15) is 5.11 Å². The van der Waals surface area contributed by atoms with Crippen molar-refractivity contribution in [1.82, 2.24) is 9.97 Å². The first kappa shape index (κ1) is 10.7. The van der Waals surface area contributed by atoms with E-state index in [0.717, 1.165) is 24.6 Å². The predicted molar refractivity (Wildman–Crippen MR) is 59.3 cm³/mol. The average Bonchev–Trinajstić information content (AvgIpc) is 2.81. The van der Waals surface area contributed by atoms with Crippen LogP contribution in [0.25, 0.3) is 0 Å². The lowest BCUT2D eigenvalue weighted by atomic mass is 9.77. The van der Waals surface area contributed by atoms with Crippen molar-refractivity contribution >= 4 is 0 Å². The van der Waals surface area contributed by atoms with Gasteiger partial charge < -0.3 is 10.1 Å². The fourth-order valence-corrected chi connectivity index (χ4v) is 2.65. The van der Waals surface area contributed by atoms with Gasteiger partial charge in [0.1, 0.15) is 11.9 Å². The van der Waals surface area contributed by atoms with Crippen molar-refractivity contribution in [3.8, 4) is 0 Å². The van der Waals surface area contributed by atoms with Gasteiger partial charge in [-0.25, -0.2) is 4.98 Å². The highest BCUT2D eigenvalue weighted by molar-refractivity contribution is 4.95. The Bertz CT molecular complexity index is 284. The van der Waals surface area contributed by atoms with E-state index in [1.165, 1.54) is 19.3 Å². The molecule has 1 heterocycles. The Kier molecular flexibility index (Phi) is 3.41. The van der Waals surface area contributed by atoms with Gasteiger partial charge in [0.15, 0.2) is 0 Å². The molecule has 1 saturated carbocycles. The maximum Gasteiger partial charge on any atom is 0.135 e. The largest absolute Gasteiger partial charge is 0.385 e. The summed E-state index contributed by atoms with van der Waals surface area (Å²) in [5, 5.41) is 10.2. The first-order chi connectivity index (χ1) is 7.31. The maximum atomic E-state index is 10.2. The van der Waals surface area contributed by atoms with Gasteiger partial charge in [0.2, 0.25) is 0 Å². The normalized spacial score (nSPS) is 28.9. The Morgan fingerprint density at radius 3 is 3.13 bits per heavy atom. The fraction of sp³-hybridized carbons (Fsp3) is 0.750. The van der Waals surface area contributed by atoms with Crippen LogP contribution in [0.1, 0.15) is 51.0 Å². The molecular formula is C12H20N2O. The summed E-state index contributed by atoms with van der Waals surface area (Å²) in [5.41, 5.74) is 0. The molecule has 3 atom stereocenters. The van der Waals surface area contributed by atoms with Gasteiger partial charge in [-0.1, -0.05) is 26.2 Å². The van der Waals surface area contributed by atoms with Crippen LogP contribution in [-0.2, 0) is 0 Å². The molecule has 3 heteroatoms.